The van der Waals surface area contributed by atoms with Gasteiger partial charge in [0.1, 0.15) is 0 Å². The van der Waals surface area contributed by atoms with Crippen LogP contribution in [0.4, 0.5) is 5.69 Å². The molecular formula is C18H20ClN3O2. The zero-order valence-corrected chi connectivity index (χ0v) is 14.9. The average Bonchev–Trinajstić information content (AvgIpc) is 2.94. The molecule has 1 aliphatic rings. The van der Waals surface area contributed by atoms with E-state index in [1.54, 1.807) is 24.1 Å². The number of carbonyl (C=O) groups is 2. The lowest BCUT2D eigenvalue weighted by Gasteiger charge is -2.19. The number of aryl methyl sites for hydroxylation is 1. The van der Waals surface area contributed by atoms with Gasteiger partial charge in [-0.15, -0.1) is 0 Å². The van der Waals surface area contributed by atoms with Gasteiger partial charge in [0.2, 0.25) is 5.91 Å². The number of fused-ring (bicyclic) bond motifs is 1. The van der Waals surface area contributed by atoms with Crippen molar-refractivity contribution in [1.29, 1.82) is 0 Å². The van der Waals surface area contributed by atoms with Crippen LogP contribution in [0.3, 0.4) is 0 Å². The first kappa shape index (κ1) is 16.6. The summed E-state index contributed by atoms with van der Waals surface area (Å²) in [5.74, 6) is -0.150. The minimum Gasteiger partial charge on any atom is -0.351 e. The van der Waals surface area contributed by atoms with E-state index in [-0.39, 0.29) is 11.8 Å². The Labute approximate surface area is 146 Å². The third kappa shape index (κ3) is 2.69. The van der Waals surface area contributed by atoms with E-state index in [0.29, 0.717) is 22.8 Å². The molecule has 0 fully saturated rings. The number of carbonyl (C=O) groups excluding carboxylic acids is 2. The van der Waals surface area contributed by atoms with E-state index in [4.69, 9.17) is 11.6 Å². The number of benzene rings is 1. The Kier molecular flexibility index (Phi) is 3.92. The minimum absolute atomic E-state index is 0.0473. The molecule has 2 heterocycles. The molecule has 2 aromatic rings. The van der Waals surface area contributed by atoms with E-state index in [9.17, 15) is 9.59 Å². The third-order valence-electron chi connectivity index (χ3n) is 4.58. The van der Waals surface area contributed by atoms with Crippen LogP contribution in [0, 0.1) is 0 Å². The Hall–Kier alpha value is -2.27. The van der Waals surface area contributed by atoms with Crippen molar-refractivity contribution in [2.75, 3.05) is 12.4 Å². The average molecular weight is 346 g/mol. The summed E-state index contributed by atoms with van der Waals surface area (Å²) in [6.07, 6.45) is 1.81. The maximum atomic E-state index is 12.7. The van der Waals surface area contributed by atoms with Crippen LogP contribution < -0.4 is 5.32 Å². The molecule has 0 atom stereocenters. The highest BCUT2D eigenvalue weighted by molar-refractivity contribution is 6.30. The molecule has 24 heavy (non-hydrogen) atoms. The van der Waals surface area contributed by atoms with E-state index in [1.165, 1.54) is 0 Å². The van der Waals surface area contributed by atoms with Crippen LogP contribution in [0.2, 0.25) is 5.02 Å². The zero-order chi connectivity index (χ0) is 17.6. The number of halogens is 1. The molecular weight excluding hydrogens is 326 g/mol. The summed E-state index contributed by atoms with van der Waals surface area (Å²) < 4.78 is 1.90. The summed E-state index contributed by atoms with van der Waals surface area (Å²) in [6.45, 7) is 4.21. The first-order valence-electron chi connectivity index (χ1n) is 7.72. The zero-order valence-electron chi connectivity index (χ0n) is 14.2. The van der Waals surface area contributed by atoms with Crippen molar-refractivity contribution >= 4 is 29.1 Å². The van der Waals surface area contributed by atoms with Gasteiger partial charge in [0.25, 0.3) is 5.91 Å². The summed E-state index contributed by atoms with van der Waals surface area (Å²) in [7, 11) is 3.64. The highest BCUT2D eigenvalue weighted by atomic mass is 35.5. The lowest BCUT2D eigenvalue weighted by atomic mass is 9.86. The van der Waals surface area contributed by atoms with Gasteiger partial charge >= 0.3 is 0 Å². The Bertz CT molecular complexity index is 839. The molecule has 3 rings (SSSR count). The number of amides is 2. The minimum atomic E-state index is -0.567. The van der Waals surface area contributed by atoms with E-state index >= 15 is 0 Å². The Morgan fingerprint density at radius 2 is 2.04 bits per heavy atom. The fourth-order valence-corrected chi connectivity index (χ4v) is 3.26. The number of aromatic nitrogens is 1. The highest BCUT2D eigenvalue weighted by Gasteiger charge is 2.38. The Morgan fingerprint density at radius 1 is 1.33 bits per heavy atom. The van der Waals surface area contributed by atoms with Gasteiger partial charge in [0, 0.05) is 37.2 Å². The van der Waals surface area contributed by atoms with Gasteiger partial charge in [-0.1, -0.05) is 17.7 Å². The van der Waals surface area contributed by atoms with Gasteiger partial charge < -0.3 is 14.8 Å². The molecule has 0 aliphatic carbocycles. The van der Waals surface area contributed by atoms with Crippen LogP contribution in [0.1, 0.15) is 35.5 Å². The molecule has 126 valence electrons. The van der Waals surface area contributed by atoms with E-state index in [0.717, 1.165) is 11.3 Å². The van der Waals surface area contributed by atoms with Crippen LogP contribution in [-0.4, -0.2) is 28.3 Å². The Balaban J connectivity index is 1.82. The van der Waals surface area contributed by atoms with E-state index in [1.807, 2.05) is 43.8 Å². The molecule has 1 aromatic carbocycles. The molecule has 1 N–H and O–H groups in total. The summed E-state index contributed by atoms with van der Waals surface area (Å²) >= 11 is 5.99. The quantitative estimate of drug-likeness (QED) is 0.928. The van der Waals surface area contributed by atoms with Crippen LogP contribution in [0.15, 0.2) is 30.5 Å². The van der Waals surface area contributed by atoms with Gasteiger partial charge in [-0.2, -0.15) is 0 Å². The summed E-state index contributed by atoms with van der Waals surface area (Å²) in [5.41, 5.74) is 2.57. The van der Waals surface area contributed by atoms with E-state index < -0.39 is 5.41 Å². The topological polar surface area (TPSA) is 54.3 Å². The van der Waals surface area contributed by atoms with Crippen molar-refractivity contribution in [2.45, 2.75) is 25.8 Å². The summed E-state index contributed by atoms with van der Waals surface area (Å²) in [6, 6.07) is 7.22. The van der Waals surface area contributed by atoms with Gasteiger partial charge in [0.15, 0.2) is 0 Å². The SMILES string of the molecule is CN(Cc1cc(Cl)cn1C)C(=O)c1ccc2c(c1)NC(=O)C2(C)C. The maximum Gasteiger partial charge on any atom is 0.254 e. The summed E-state index contributed by atoms with van der Waals surface area (Å²) in [5, 5.41) is 3.50. The number of hydrogen-bond donors (Lipinski definition) is 1. The fraction of sp³-hybridized carbons (Fsp3) is 0.333. The predicted molar refractivity (Wildman–Crippen MR) is 94.3 cm³/mol. The van der Waals surface area contributed by atoms with Gasteiger partial charge in [-0.25, -0.2) is 0 Å². The number of rotatable bonds is 3. The molecule has 0 unspecified atom stereocenters. The smallest absolute Gasteiger partial charge is 0.254 e. The Morgan fingerprint density at radius 3 is 2.67 bits per heavy atom. The van der Waals surface area contributed by atoms with Crippen molar-refractivity contribution in [3.05, 3.63) is 52.3 Å². The second-order valence-electron chi connectivity index (χ2n) is 6.76. The predicted octanol–water partition coefficient (Wildman–Crippen LogP) is 3.18. The second-order valence-corrected chi connectivity index (χ2v) is 7.20. The van der Waals surface area contributed by atoms with Gasteiger partial charge in [-0.05, 0) is 37.6 Å². The third-order valence-corrected chi connectivity index (χ3v) is 4.78. The standard InChI is InChI=1S/C18H20ClN3O2/c1-18(2)14-6-5-11(7-15(14)20-17(18)24)16(23)22(4)10-13-8-12(19)9-21(13)3/h5-9H,10H2,1-4H3,(H,20,24). The molecule has 6 heteroatoms. The first-order chi connectivity index (χ1) is 11.2. The van der Waals surface area contributed by atoms with Crippen LogP contribution >= 0.6 is 11.6 Å². The van der Waals surface area contributed by atoms with Crippen molar-refractivity contribution in [3.8, 4) is 0 Å². The monoisotopic (exact) mass is 345 g/mol. The van der Waals surface area contributed by atoms with Crippen molar-refractivity contribution in [1.82, 2.24) is 9.47 Å². The lowest BCUT2D eigenvalue weighted by molar-refractivity contribution is -0.119. The molecule has 2 amide bonds. The van der Waals surface area contributed by atoms with Crippen molar-refractivity contribution in [3.63, 3.8) is 0 Å². The normalized spacial score (nSPS) is 15.1. The number of anilines is 1. The highest BCUT2D eigenvalue weighted by Crippen LogP contribution is 2.37. The molecule has 0 saturated heterocycles. The largest absolute Gasteiger partial charge is 0.351 e. The number of nitrogens with zero attached hydrogens (tertiary/aromatic N) is 2. The molecule has 1 aromatic heterocycles. The van der Waals surface area contributed by atoms with E-state index in [2.05, 4.69) is 5.32 Å². The van der Waals surface area contributed by atoms with Crippen molar-refractivity contribution < 1.29 is 9.59 Å². The number of nitrogens with one attached hydrogen (secondary N) is 1. The number of hydrogen-bond acceptors (Lipinski definition) is 2. The van der Waals surface area contributed by atoms with Crippen LogP contribution in [-0.2, 0) is 23.8 Å². The van der Waals surface area contributed by atoms with Crippen molar-refractivity contribution in [2.24, 2.45) is 7.05 Å². The molecule has 0 bridgehead atoms. The molecule has 1 aliphatic heterocycles. The first-order valence-corrected chi connectivity index (χ1v) is 8.10. The lowest BCUT2D eigenvalue weighted by Crippen LogP contribution is -2.27. The molecule has 0 radical (unpaired) electrons. The summed E-state index contributed by atoms with van der Waals surface area (Å²) in [4.78, 5) is 26.3. The molecule has 0 saturated carbocycles. The fourth-order valence-electron chi connectivity index (χ4n) is 2.99. The molecule has 0 spiro atoms. The molecule has 5 nitrogen and oxygen atoms in total. The van der Waals surface area contributed by atoms with Gasteiger partial charge in [-0.3, -0.25) is 9.59 Å². The van der Waals surface area contributed by atoms with Crippen LogP contribution in [0.25, 0.3) is 0 Å². The van der Waals surface area contributed by atoms with Crippen LogP contribution in [0.5, 0.6) is 0 Å². The maximum absolute atomic E-state index is 12.7. The second kappa shape index (κ2) is 5.67. The van der Waals surface area contributed by atoms with Gasteiger partial charge in [0.05, 0.1) is 17.0 Å².